The Morgan fingerprint density at radius 2 is 1.96 bits per heavy atom. The van der Waals surface area contributed by atoms with Gasteiger partial charge in [-0.1, -0.05) is 0 Å². The first-order chi connectivity index (χ1) is 13.0. The maximum atomic E-state index is 12.1. The van der Waals surface area contributed by atoms with E-state index in [1.807, 2.05) is 26.0 Å². The van der Waals surface area contributed by atoms with Crippen LogP contribution in [0.1, 0.15) is 21.7 Å². The molecule has 3 heterocycles. The number of aryl methyl sites for hydroxylation is 3. The minimum Gasteiger partial charge on any atom is -0.367 e. The maximum absolute atomic E-state index is 12.1. The van der Waals surface area contributed by atoms with Gasteiger partial charge in [0.15, 0.2) is 5.82 Å². The second-order valence-electron chi connectivity index (χ2n) is 6.14. The molecule has 0 aliphatic carbocycles. The third-order valence-electron chi connectivity index (χ3n) is 3.96. The molecule has 9 heteroatoms. The van der Waals surface area contributed by atoms with Crippen LogP contribution in [0.3, 0.4) is 0 Å². The second kappa shape index (κ2) is 7.81. The summed E-state index contributed by atoms with van der Waals surface area (Å²) in [5, 5.41) is 18.4. The highest BCUT2D eigenvalue weighted by atomic mass is 16.2. The van der Waals surface area contributed by atoms with E-state index >= 15 is 0 Å². The lowest BCUT2D eigenvalue weighted by molar-refractivity contribution is 0.0953. The Kier molecular flexibility index (Phi) is 5.30. The van der Waals surface area contributed by atoms with E-state index < -0.39 is 5.91 Å². The van der Waals surface area contributed by atoms with Crippen LogP contribution in [0, 0.1) is 13.8 Å². The SMILES string of the molecule is Cc1cc(C)n(-c2ccc(NCCNC(=O)c3cccn(C)c3=O)nn2)n1. The number of amides is 1. The Morgan fingerprint density at radius 3 is 2.63 bits per heavy atom. The number of carbonyl (C=O) groups excluding carboxylic acids is 1. The largest absolute Gasteiger partial charge is 0.367 e. The Labute approximate surface area is 156 Å². The zero-order valence-electron chi connectivity index (χ0n) is 15.4. The molecule has 3 aromatic heterocycles. The van der Waals surface area contributed by atoms with Crippen LogP contribution in [0.2, 0.25) is 0 Å². The number of nitrogens with one attached hydrogen (secondary N) is 2. The molecule has 0 saturated carbocycles. The van der Waals surface area contributed by atoms with Crippen LogP contribution >= 0.6 is 0 Å². The number of anilines is 1. The number of nitrogens with zero attached hydrogens (tertiary/aromatic N) is 5. The molecule has 0 aliphatic heterocycles. The van der Waals surface area contributed by atoms with Gasteiger partial charge in [0.1, 0.15) is 11.4 Å². The summed E-state index contributed by atoms with van der Waals surface area (Å²) >= 11 is 0. The molecule has 140 valence electrons. The van der Waals surface area contributed by atoms with Crippen LogP contribution in [0.4, 0.5) is 5.82 Å². The normalized spacial score (nSPS) is 10.6. The Morgan fingerprint density at radius 1 is 1.15 bits per heavy atom. The molecule has 3 rings (SSSR count). The molecule has 1 amide bonds. The first-order valence-corrected chi connectivity index (χ1v) is 8.51. The van der Waals surface area contributed by atoms with Gasteiger partial charge in [-0.15, -0.1) is 10.2 Å². The molecule has 0 aromatic carbocycles. The van der Waals surface area contributed by atoms with E-state index in [9.17, 15) is 9.59 Å². The fourth-order valence-electron chi connectivity index (χ4n) is 2.63. The summed E-state index contributed by atoms with van der Waals surface area (Å²) in [6.07, 6.45) is 1.61. The third-order valence-corrected chi connectivity index (χ3v) is 3.96. The summed E-state index contributed by atoms with van der Waals surface area (Å²) in [7, 11) is 1.61. The summed E-state index contributed by atoms with van der Waals surface area (Å²) in [5.74, 6) is 0.827. The highest BCUT2D eigenvalue weighted by molar-refractivity contribution is 5.93. The molecule has 0 radical (unpaired) electrons. The molecule has 0 unspecified atom stereocenters. The van der Waals surface area contributed by atoms with Crippen molar-refractivity contribution < 1.29 is 4.79 Å². The highest BCUT2D eigenvalue weighted by Crippen LogP contribution is 2.10. The van der Waals surface area contributed by atoms with Gasteiger partial charge in [0.2, 0.25) is 0 Å². The molecule has 0 atom stereocenters. The van der Waals surface area contributed by atoms with Crippen molar-refractivity contribution in [2.45, 2.75) is 13.8 Å². The average molecular weight is 367 g/mol. The van der Waals surface area contributed by atoms with Gasteiger partial charge in [-0.2, -0.15) is 5.10 Å². The topological polar surface area (TPSA) is 107 Å². The van der Waals surface area contributed by atoms with Crippen LogP contribution in [0.25, 0.3) is 5.82 Å². The van der Waals surface area contributed by atoms with Crippen LogP contribution in [0.15, 0.2) is 41.3 Å². The van der Waals surface area contributed by atoms with Gasteiger partial charge in [0.25, 0.3) is 11.5 Å². The zero-order valence-corrected chi connectivity index (χ0v) is 15.4. The van der Waals surface area contributed by atoms with Crippen molar-refractivity contribution in [3.05, 3.63) is 63.8 Å². The van der Waals surface area contributed by atoms with Crippen molar-refractivity contribution in [3.63, 3.8) is 0 Å². The summed E-state index contributed by atoms with van der Waals surface area (Å²) < 4.78 is 3.10. The van der Waals surface area contributed by atoms with Crippen LogP contribution in [0.5, 0.6) is 0 Å². The number of pyridine rings is 1. The molecule has 0 saturated heterocycles. The standard InChI is InChI=1S/C18H21N7O2/c1-12-11-13(2)25(23-12)16-7-6-15(21-22-16)19-8-9-20-17(26)14-5-4-10-24(3)18(14)27/h4-7,10-11H,8-9H2,1-3H3,(H,19,21)(H,20,26). The summed E-state index contributed by atoms with van der Waals surface area (Å²) in [5.41, 5.74) is 1.69. The quantitative estimate of drug-likeness (QED) is 0.625. The van der Waals surface area contributed by atoms with Crippen molar-refractivity contribution >= 4 is 11.7 Å². The van der Waals surface area contributed by atoms with Crippen molar-refractivity contribution in [1.82, 2.24) is 29.9 Å². The third kappa shape index (κ3) is 4.20. The highest BCUT2D eigenvalue weighted by Gasteiger charge is 2.10. The van der Waals surface area contributed by atoms with Gasteiger partial charge >= 0.3 is 0 Å². The molecule has 0 bridgehead atoms. The minimum absolute atomic E-state index is 0.119. The number of carbonyl (C=O) groups is 1. The van der Waals surface area contributed by atoms with E-state index in [0.29, 0.717) is 24.7 Å². The summed E-state index contributed by atoms with van der Waals surface area (Å²) in [6.45, 7) is 4.67. The van der Waals surface area contributed by atoms with Crippen molar-refractivity contribution in [2.75, 3.05) is 18.4 Å². The summed E-state index contributed by atoms with van der Waals surface area (Å²) in [6, 6.07) is 8.76. The van der Waals surface area contributed by atoms with Gasteiger partial charge in [-0.25, -0.2) is 4.68 Å². The van der Waals surface area contributed by atoms with E-state index in [0.717, 1.165) is 11.4 Å². The van der Waals surface area contributed by atoms with Gasteiger partial charge in [-0.05, 0) is 44.2 Å². The van der Waals surface area contributed by atoms with Gasteiger partial charge in [0.05, 0.1) is 5.69 Å². The molecule has 2 N–H and O–H groups in total. The van der Waals surface area contributed by atoms with Gasteiger partial charge < -0.3 is 15.2 Å². The van der Waals surface area contributed by atoms with E-state index in [4.69, 9.17) is 0 Å². The number of rotatable bonds is 6. The lowest BCUT2D eigenvalue weighted by Gasteiger charge is -2.08. The van der Waals surface area contributed by atoms with E-state index in [-0.39, 0.29) is 11.1 Å². The average Bonchev–Trinajstić information content (AvgIpc) is 2.99. The molecule has 0 fully saturated rings. The molecule has 27 heavy (non-hydrogen) atoms. The predicted octanol–water partition coefficient (Wildman–Crippen LogP) is 0.820. The fraction of sp³-hybridized carbons (Fsp3) is 0.278. The molecular weight excluding hydrogens is 346 g/mol. The molecule has 9 nitrogen and oxygen atoms in total. The van der Waals surface area contributed by atoms with Crippen LogP contribution in [-0.2, 0) is 7.05 Å². The predicted molar refractivity (Wildman–Crippen MR) is 101 cm³/mol. The first-order valence-electron chi connectivity index (χ1n) is 8.51. The number of hydrogen-bond donors (Lipinski definition) is 2. The lowest BCUT2D eigenvalue weighted by Crippen LogP contribution is -2.34. The van der Waals surface area contributed by atoms with Crippen LogP contribution < -0.4 is 16.2 Å². The first kappa shape index (κ1) is 18.3. The maximum Gasteiger partial charge on any atom is 0.263 e. The lowest BCUT2D eigenvalue weighted by atomic mass is 10.2. The molecular formula is C18H21N7O2. The Bertz CT molecular complexity index is 1010. The van der Waals surface area contributed by atoms with Gasteiger partial charge in [-0.3, -0.25) is 9.59 Å². The van der Waals surface area contributed by atoms with Crippen molar-refractivity contribution in [1.29, 1.82) is 0 Å². The molecule has 3 aromatic rings. The van der Waals surface area contributed by atoms with Crippen LogP contribution in [-0.4, -0.2) is 43.5 Å². The molecule has 0 spiro atoms. The van der Waals surface area contributed by atoms with Crippen molar-refractivity contribution in [2.24, 2.45) is 7.05 Å². The van der Waals surface area contributed by atoms with Gasteiger partial charge in [0, 0.05) is 32.0 Å². The van der Waals surface area contributed by atoms with E-state index in [1.165, 1.54) is 10.6 Å². The van der Waals surface area contributed by atoms with E-state index in [1.54, 1.807) is 30.1 Å². The van der Waals surface area contributed by atoms with E-state index in [2.05, 4.69) is 25.9 Å². The molecule has 0 aliphatic rings. The second-order valence-corrected chi connectivity index (χ2v) is 6.14. The minimum atomic E-state index is -0.399. The number of hydrogen-bond acceptors (Lipinski definition) is 6. The smallest absolute Gasteiger partial charge is 0.263 e. The zero-order chi connectivity index (χ0) is 19.4. The fourth-order valence-corrected chi connectivity index (χ4v) is 2.63. The summed E-state index contributed by atoms with van der Waals surface area (Å²) in [4.78, 5) is 24.0. The number of aromatic nitrogens is 5. The monoisotopic (exact) mass is 367 g/mol. The Balaban J connectivity index is 1.52. The Hall–Kier alpha value is -3.49. The van der Waals surface area contributed by atoms with Crippen molar-refractivity contribution in [3.8, 4) is 5.82 Å².